The summed E-state index contributed by atoms with van der Waals surface area (Å²) in [6.07, 6.45) is 2.08. The van der Waals surface area contributed by atoms with Gasteiger partial charge in [-0.25, -0.2) is 48.5 Å². The van der Waals surface area contributed by atoms with Gasteiger partial charge in [0.05, 0.1) is 41.3 Å². The van der Waals surface area contributed by atoms with Crippen LogP contribution in [0, 0.1) is 11.8 Å². The molecular weight excluding hydrogens is 1400 g/mol. The third-order valence-corrected chi connectivity index (χ3v) is 17.2. The van der Waals surface area contributed by atoms with Crippen LogP contribution in [0.3, 0.4) is 0 Å². The molecule has 6 atom stereocenters. The van der Waals surface area contributed by atoms with Crippen molar-refractivity contribution < 1.29 is 98.0 Å². The van der Waals surface area contributed by atoms with E-state index in [0.29, 0.717) is 30.6 Å². The Hall–Kier alpha value is -11.7. The van der Waals surface area contributed by atoms with Crippen molar-refractivity contribution in [3.63, 3.8) is 0 Å². The maximum atomic E-state index is 12.8. The van der Waals surface area contributed by atoms with Gasteiger partial charge in [0.15, 0.2) is 0 Å². The van der Waals surface area contributed by atoms with Gasteiger partial charge >= 0.3 is 42.8 Å². The standard InChI is InChI=1S/2C20H16F3NO3.2C15H17NO3.C11H17NO3/c1-13-18(15-5-3-2-4-6-15)27-19(26)24(13)17(25)12-9-14-7-10-16(11-8-14)20(21,22)23;21-20(22,23)16-8-4-7-15(11-16)9-10-18(25)24-17(13-27-19(24)26)12-14-5-2-1-3-6-14;1-11(2)13-10-19-15(18)16(13)14(17)9-8-12-6-4-3-5-7-12;1-3-11(2)14(17)16-13(10-19-15(16)18)9-12-7-5-4-6-8-12;1-4-5-6-10(13)12-9(8(2)3)7-15-11(12)14/h2-13,18H,1H3;1-11,17H,12-13H2;3-9,11,13H,10H2,1-2H3;3-8,13H,9-10H2,1-2H3;5-6,8-9H,4,7H2,1-3H3/b12-9+;10-9+;9-8+;11-3+;6-5+/t13-,18+;17-;2*13-;9-/m00101/s1. The minimum atomic E-state index is -4.46. The number of amides is 10. The molecule has 0 spiro atoms. The van der Waals surface area contributed by atoms with E-state index >= 15 is 0 Å². The highest BCUT2D eigenvalue weighted by molar-refractivity contribution is 6.05. The lowest BCUT2D eigenvalue weighted by molar-refractivity contribution is -0.138. The molecule has 20 nitrogen and oxygen atoms in total. The Kier molecular flexibility index (Phi) is 30.0. The second-order valence-electron chi connectivity index (χ2n) is 25.5. The Bertz CT molecular complexity index is 4230. The SMILES string of the molecule is C/C=C(\C)C(=O)N1C(=O)OC[C@@H]1Cc1ccccc1.CC(C)[C@H]1COC(=O)N1C(=O)/C=C/c1ccccc1.CC/C=C/C(=O)N1C(=O)OC[C@@H]1C(C)C.C[C@H]1[C@H](c2ccccc2)OC(=O)N1C(=O)/C=C/c1ccc(C(F)(F)F)cc1.O=C(/C=C/c1cccc(C(F)(F)F)c1)N1C(=O)OC[C@@H]1Cc1ccccc1. The number of hydrogen-bond acceptors (Lipinski definition) is 15. The van der Waals surface area contributed by atoms with Crippen molar-refractivity contribution in [1.29, 1.82) is 0 Å². The fourth-order valence-corrected chi connectivity index (χ4v) is 11.2. The third-order valence-electron chi connectivity index (χ3n) is 17.2. The number of carbonyl (C=O) groups is 10. The third kappa shape index (κ3) is 23.4. The van der Waals surface area contributed by atoms with Crippen molar-refractivity contribution in [2.75, 3.05) is 26.4 Å². The van der Waals surface area contributed by atoms with E-state index < -0.39 is 83.9 Å². The number of alkyl halides is 6. The molecule has 5 aliphatic heterocycles. The minimum absolute atomic E-state index is 0.0802. The van der Waals surface area contributed by atoms with E-state index in [-0.39, 0.29) is 73.1 Å². The van der Waals surface area contributed by atoms with Gasteiger partial charge < -0.3 is 23.7 Å². The van der Waals surface area contributed by atoms with Crippen LogP contribution in [0.4, 0.5) is 50.3 Å². The molecule has 0 bridgehead atoms. The summed E-state index contributed by atoms with van der Waals surface area (Å²) in [5, 5.41) is 0. The normalized spacial score (nSPS) is 19.3. The highest BCUT2D eigenvalue weighted by atomic mass is 19.4. The fraction of sp³-hybridized carbons (Fsp3) is 0.309. The Balaban J connectivity index is 0.000000190. The molecule has 0 aliphatic carbocycles. The summed E-state index contributed by atoms with van der Waals surface area (Å²) in [4.78, 5) is 125. The maximum absolute atomic E-state index is 12.8. The number of hydrogen-bond donors (Lipinski definition) is 0. The Morgan fingerprint density at radius 2 is 0.850 bits per heavy atom. The lowest BCUT2D eigenvalue weighted by atomic mass is 10.0. The second-order valence-corrected chi connectivity index (χ2v) is 25.5. The van der Waals surface area contributed by atoms with Gasteiger partial charge in [-0.05, 0) is 134 Å². The first kappa shape index (κ1) is 82.6. The average molecular weight is 1480 g/mol. The Labute approximate surface area is 616 Å². The largest absolute Gasteiger partial charge is 0.447 e. The quantitative estimate of drug-likeness (QED) is 0.0498. The van der Waals surface area contributed by atoms with E-state index in [1.807, 2.05) is 144 Å². The van der Waals surface area contributed by atoms with Gasteiger partial charge in [0.25, 0.3) is 29.5 Å². The van der Waals surface area contributed by atoms with E-state index in [2.05, 4.69) is 0 Å². The van der Waals surface area contributed by atoms with Gasteiger partial charge in [-0.3, -0.25) is 24.0 Å². The van der Waals surface area contributed by atoms with Gasteiger partial charge in [-0.1, -0.05) is 192 Å². The molecule has 0 saturated carbocycles. The van der Waals surface area contributed by atoms with Gasteiger partial charge in [0.2, 0.25) is 0 Å². The lowest BCUT2D eigenvalue weighted by Gasteiger charge is -2.20. The summed E-state index contributed by atoms with van der Waals surface area (Å²) in [7, 11) is 0. The van der Waals surface area contributed by atoms with Gasteiger partial charge in [0, 0.05) is 23.8 Å². The summed E-state index contributed by atoms with van der Waals surface area (Å²) in [6.45, 7) is 15.9. The number of imide groups is 5. The zero-order valence-electron chi connectivity index (χ0n) is 60.1. The smallest absolute Gasteiger partial charge is 0.417 e. The van der Waals surface area contributed by atoms with Crippen molar-refractivity contribution in [1.82, 2.24) is 24.5 Å². The van der Waals surface area contributed by atoms with Crippen molar-refractivity contribution in [3.8, 4) is 0 Å². The van der Waals surface area contributed by atoms with Crippen molar-refractivity contribution in [2.45, 2.75) is 123 Å². The van der Waals surface area contributed by atoms with Crippen LogP contribution in [-0.2, 0) is 72.9 Å². The maximum Gasteiger partial charge on any atom is 0.417 e. The Morgan fingerprint density at radius 3 is 1.32 bits per heavy atom. The summed E-state index contributed by atoms with van der Waals surface area (Å²) < 4.78 is 101. The van der Waals surface area contributed by atoms with Gasteiger partial charge in [0.1, 0.15) is 32.5 Å². The number of halogens is 6. The molecule has 5 heterocycles. The van der Waals surface area contributed by atoms with E-state index in [1.165, 1.54) is 63.3 Å². The molecule has 107 heavy (non-hydrogen) atoms. The molecule has 6 aromatic rings. The number of allylic oxidation sites excluding steroid dienone is 2. The molecule has 0 aromatic heterocycles. The van der Waals surface area contributed by atoms with E-state index in [4.69, 9.17) is 23.7 Å². The highest BCUT2D eigenvalue weighted by Gasteiger charge is 2.44. The van der Waals surface area contributed by atoms with Crippen LogP contribution in [0.25, 0.3) is 18.2 Å². The summed E-state index contributed by atoms with van der Waals surface area (Å²) in [5.74, 6) is -1.70. The summed E-state index contributed by atoms with van der Waals surface area (Å²) in [5.41, 5.74) is 3.33. The topological polar surface area (TPSA) is 233 Å². The second kappa shape index (κ2) is 38.9. The monoisotopic (exact) mass is 1480 g/mol. The van der Waals surface area contributed by atoms with Crippen LogP contribution in [-0.4, -0.2) is 141 Å². The van der Waals surface area contributed by atoms with Crippen molar-refractivity contribution >= 4 is 78.2 Å². The molecule has 10 amide bonds. The number of benzene rings is 6. The number of rotatable bonds is 16. The fourth-order valence-electron chi connectivity index (χ4n) is 11.2. The predicted molar refractivity (Wildman–Crippen MR) is 385 cm³/mol. The van der Waals surface area contributed by atoms with Crippen LogP contribution in [0.15, 0.2) is 212 Å². The summed E-state index contributed by atoms with van der Waals surface area (Å²) in [6, 6.07) is 45.1. The molecule has 0 N–H and O–H groups in total. The van der Waals surface area contributed by atoms with Crippen LogP contribution >= 0.6 is 0 Å². The van der Waals surface area contributed by atoms with Crippen molar-refractivity contribution in [2.24, 2.45) is 11.8 Å². The first-order valence-corrected chi connectivity index (χ1v) is 34.3. The zero-order chi connectivity index (χ0) is 78.1. The first-order chi connectivity index (χ1) is 50.9. The van der Waals surface area contributed by atoms with Gasteiger partial charge in [-0.15, -0.1) is 0 Å². The van der Waals surface area contributed by atoms with Crippen molar-refractivity contribution in [3.05, 3.63) is 256 Å². The Morgan fingerprint density at radius 1 is 0.458 bits per heavy atom. The van der Waals surface area contributed by atoms with E-state index in [9.17, 15) is 74.3 Å². The molecule has 564 valence electrons. The molecule has 11 rings (SSSR count). The summed E-state index contributed by atoms with van der Waals surface area (Å²) >= 11 is 0. The molecular formula is C81H83F6N5O15. The van der Waals surface area contributed by atoms with Crippen LogP contribution in [0.5, 0.6) is 0 Å². The van der Waals surface area contributed by atoms with Crippen LogP contribution in [0.1, 0.15) is 112 Å². The molecule has 0 radical (unpaired) electrons. The number of nitrogens with zero attached hydrogens (tertiary/aromatic N) is 5. The number of cyclic esters (lactones) is 5. The van der Waals surface area contributed by atoms with E-state index in [0.717, 1.165) is 74.9 Å². The molecule has 5 saturated heterocycles. The molecule has 0 unspecified atom stereocenters. The lowest BCUT2D eigenvalue weighted by Crippen LogP contribution is -2.40. The highest BCUT2D eigenvalue weighted by Crippen LogP contribution is 2.34. The molecule has 6 aromatic carbocycles. The minimum Gasteiger partial charge on any atom is -0.447 e. The van der Waals surface area contributed by atoms with Crippen LogP contribution < -0.4 is 0 Å². The predicted octanol–water partition coefficient (Wildman–Crippen LogP) is 16.3. The van der Waals surface area contributed by atoms with Gasteiger partial charge in [-0.2, -0.15) is 26.3 Å². The first-order valence-electron chi connectivity index (χ1n) is 34.3. The zero-order valence-corrected chi connectivity index (χ0v) is 60.1. The molecule has 5 fully saturated rings. The average Bonchev–Trinajstić information content (AvgIpc) is 1.66. The van der Waals surface area contributed by atoms with E-state index in [1.54, 1.807) is 51.1 Å². The molecule has 26 heteroatoms. The van der Waals surface area contributed by atoms with Crippen LogP contribution in [0.2, 0.25) is 0 Å². The number of ether oxygens (including phenoxy) is 5. The number of carbonyl (C=O) groups excluding carboxylic acids is 10. The molecule has 5 aliphatic rings.